The van der Waals surface area contributed by atoms with Crippen LogP contribution in [0.25, 0.3) is 17.4 Å². The van der Waals surface area contributed by atoms with Crippen molar-refractivity contribution < 1.29 is 23.8 Å². The number of carbonyl (C=O) groups is 2. The van der Waals surface area contributed by atoms with Crippen molar-refractivity contribution in [1.29, 1.82) is 0 Å². The van der Waals surface area contributed by atoms with Crippen molar-refractivity contribution in [3.63, 3.8) is 0 Å². The number of allylic oxidation sites excluding steroid dienone is 1. The average molecular weight is 520 g/mol. The van der Waals surface area contributed by atoms with Crippen molar-refractivity contribution in [2.75, 3.05) is 6.61 Å². The highest BCUT2D eigenvalue weighted by Gasteiger charge is 2.33. The number of ether oxygens (including phenoxy) is 1. The summed E-state index contributed by atoms with van der Waals surface area (Å²) >= 11 is 2.67. The van der Waals surface area contributed by atoms with E-state index in [0.717, 1.165) is 4.88 Å². The molecule has 0 N–H and O–H groups in total. The van der Waals surface area contributed by atoms with Crippen LogP contribution < -0.4 is 20.0 Å². The van der Waals surface area contributed by atoms with Crippen molar-refractivity contribution in [2.24, 2.45) is 4.99 Å². The Morgan fingerprint density at radius 1 is 1.19 bits per heavy atom. The van der Waals surface area contributed by atoms with E-state index in [9.17, 15) is 19.5 Å². The maximum Gasteiger partial charge on any atom is 0.338 e. The van der Waals surface area contributed by atoms with Gasteiger partial charge in [-0.15, -0.1) is 11.3 Å². The standard InChI is InChI=1S/C26H20N2O6S2/c1-3-33-25(32)21-14(2)27-26-28(22(21)19-5-4-12-35-19)23(29)20(36-26)13-17-10-11-18(34-17)15-6-8-16(9-7-15)24(30)31/h4-13,22H,3H2,1-2H3,(H,30,31)/p-1/b20-13+/t22-/m1/s1. The van der Waals surface area contributed by atoms with Gasteiger partial charge in [0.15, 0.2) is 4.80 Å². The molecule has 1 aliphatic rings. The molecule has 1 aliphatic heterocycles. The molecule has 4 heterocycles. The second-order valence-electron chi connectivity index (χ2n) is 7.88. The average Bonchev–Trinajstić information content (AvgIpc) is 3.60. The van der Waals surface area contributed by atoms with Crippen molar-refractivity contribution in [3.8, 4) is 11.3 Å². The zero-order valence-electron chi connectivity index (χ0n) is 19.2. The highest BCUT2D eigenvalue weighted by Crippen LogP contribution is 2.33. The lowest BCUT2D eigenvalue weighted by molar-refractivity contribution is -0.255. The number of hydrogen-bond acceptors (Lipinski definition) is 9. The molecule has 182 valence electrons. The molecule has 3 aromatic heterocycles. The minimum atomic E-state index is -1.25. The summed E-state index contributed by atoms with van der Waals surface area (Å²) in [5.41, 5.74) is 1.33. The molecular formula is C26H19N2O6S2-. The van der Waals surface area contributed by atoms with E-state index in [1.54, 1.807) is 44.2 Å². The van der Waals surface area contributed by atoms with Gasteiger partial charge in [-0.1, -0.05) is 41.7 Å². The van der Waals surface area contributed by atoms with Crippen LogP contribution in [-0.4, -0.2) is 23.1 Å². The number of aromatic carboxylic acids is 1. The summed E-state index contributed by atoms with van der Waals surface area (Å²) in [6.07, 6.45) is 1.64. The van der Waals surface area contributed by atoms with Crippen LogP contribution in [0.15, 0.2) is 79.4 Å². The van der Waals surface area contributed by atoms with Crippen LogP contribution in [0.3, 0.4) is 0 Å². The van der Waals surface area contributed by atoms with E-state index < -0.39 is 18.0 Å². The van der Waals surface area contributed by atoms with Crippen LogP contribution in [0.1, 0.15) is 40.9 Å². The first-order chi connectivity index (χ1) is 17.4. The van der Waals surface area contributed by atoms with Crippen molar-refractivity contribution in [1.82, 2.24) is 4.57 Å². The van der Waals surface area contributed by atoms with E-state index in [1.807, 2.05) is 17.5 Å². The summed E-state index contributed by atoms with van der Waals surface area (Å²) in [6, 6.07) is 12.7. The zero-order valence-corrected chi connectivity index (χ0v) is 20.9. The fourth-order valence-electron chi connectivity index (χ4n) is 3.99. The van der Waals surface area contributed by atoms with Gasteiger partial charge in [-0.25, -0.2) is 9.79 Å². The van der Waals surface area contributed by atoms with E-state index in [4.69, 9.17) is 9.15 Å². The quantitative estimate of drug-likeness (QED) is 0.362. The van der Waals surface area contributed by atoms with E-state index in [0.29, 0.717) is 37.7 Å². The Balaban J connectivity index is 1.57. The van der Waals surface area contributed by atoms with Gasteiger partial charge >= 0.3 is 5.97 Å². The molecule has 0 spiro atoms. The maximum absolute atomic E-state index is 13.5. The topological polar surface area (TPSA) is 114 Å². The highest BCUT2D eigenvalue weighted by molar-refractivity contribution is 7.10. The number of fused-ring (bicyclic) bond motifs is 1. The molecule has 1 atom stereocenters. The van der Waals surface area contributed by atoms with Crippen LogP contribution >= 0.6 is 22.7 Å². The Kier molecular flexibility index (Phi) is 6.29. The molecule has 0 unspecified atom stereocenters. The predicted molar refractivity (Wildman–Crippen MR) is 133 cm³/mol. The van der Waals surface area contributed by atoms with Gasteiger partial charge < -0.3 is 19.1 Å². The number of benzene rings is 1. The van der Waals surface area contributed by atoms with Gasteiger partial charge in [-0.05, 0) is 43.0 Å². The summed E-state index contributed by atoms with van der Waals surface area (Å²) in [5, 5.41) is 12.9. The molecule has 1 aromatic carbocycles. The van der Waals surface area contributed by atoms with E-state index in [-0.39, 0.29) is 17.7 Å². The van der Waals surface area contributed by atoms with E-state index in [1.165, 1.54) is 39.4 Å². The molecule has 8 nitrogen and oxygen atoms in total. The maximum atomic E-state index is 13.5. The number of aromatic nitrogens is 1. The second-order valence-corrected chi connectivity index (χ2v) is 9.87. The third kappa shape index (κ3) is 4.25. The fraction of sp³-hybridized carbons (Fsp3) is 0.154. The molecule has 0 radical (unpaired) electrons. The molecule has 4 aromatic rings. The molecule has 0 saturated heterocycles. The monoisotopic (exact) mass is 519 g/mol. The van der Waals surface area contributed by atoms with Gasteiger partial charge in [-0.2, -0.15) is 0 Å². The summed E-state index contributed by atoms with van der Waals surface area (Å²) in [4.78, 5) is 43.2. The number of carboxylic acid groups (broad SMARTS) is 1. The lowest BCUT2D eigenvalue weighted by Crippen LogP contribution is -2.39. The normalized spacial score (nSPS) is 15.5. The summed E-state index contributed by atoms with van der Waals surface area (Å²) < 4.78 is 13.1. The lowest BCUT2D eigenvalue weighted by atomic mass is 10.0. The van der Waals surface area contributed by atoms with Gasteiger partial charge in [0, 0.05) is 16.5 Å². The zero-order chi connectivity index (χ0) is 25.4. The third-order valence-electron chi connectivity index (χ3n) is 5.63. The number of furan rings is 1. The van der Waals surface area contributed by atoms with Gasteiger partial charge in [0.2, 0.25) is 0 Å². The number of thiophene rings is 1. The third-order valence-corrected chi connectivity index (χ3v) is 7.54. The van der Waals surface area contributed by atoms with Gasteiger partial charge in [-0.3, -0.25) is 9.36 Å². The van der Waals surface area contributed by atoms with Crippen LogP contribution in [0.4, 0.5) is 0 Å². The van der Waals surface area contributed by atoms with Crippen molar-refractivity contribution in [2.45, 2.75) is 19.9 Å². The summed E-state index contributed by atoms with van der Waals surface area (Å²) in [5.74, 6) is -0.768. The van der Waals surface area contributed by atoms with Crippen molar-refractivity contribution >= 4 is 40.7 Å². The van der Waals surface area contributed by atoms with Gasteiger partial charge in [0.1, 0.15) is 17.6 Å². The molecule has 10 heteroatoms. The molecule has 0 aliphatic carbocycles. The summed E-state index contributed by atoms with van der Waals surface area (Å²) in [6.45, 7) is 3.70. The Hall–Kier alpha value is -4.02. The van der Waals surface area contributed by atoms with Gasteiger partial charge in [0.05, 0.1) is 28.4 Å². The molecule has 0 bridgehead atoms. The molecular weight excluding hydrogens is 500 g/mol. The van der Waals surface area contributed by atoms with Crippen LogP contribution in [0, 0.1) is 0 Å². The Labute approximate surface area is 212 Å². The molecule has 0 fully saturated rings. The number of rotatable bonds is 6. The van der Waals surface area contributed by atoms with Crippen LogP contribution in [0.2, 0.25) is 0 Å². The predicted octanol–water partition coefficient (Wildman–Crippen LogP) is 2.48. The second kappa shape index (κ2) is 9.56. The van der Waals surface area contributed by atoms with E-state index in [2.05, 4.69) is 4.99 Å². The largest absolute Gasteiger partial charge is 0.545 e. The first-order valence-electron chi connectivity index (χ1n) is 11.0. The smallest absolute Gasteiger partial charge is 0.338 e. The molecule has 5 rings (SSSR count). The number of thiazole rings is 1. The Morgan fingerprint density at radius 3 is 2.64 bits per heavy atom. The van der Waals surface area contributed by atoms with Crippen LogP contribution in [-0.2, 0) is 9.53 Å². The Bertz CT molecular complexity index is 1670. The first-order valence-corrected chi connectivity index (χ1v) is 12.7. The van der Waals surface area contributed by atoms with Gasteiger partial charge in [0.25, 0.3) is 5.56 Å². The Morgan fingerprint density at radius 2 is 1.97 bits per heavy atom. The summed E-state index contributed by atoms with van der Waals surface area (Å²) in [7, 11) is 0. The van der Waals surface area contributed by atoms with Crippen molar-refractivity contribution in [3.05, 3.63) is 101 Å². The molecule has 0 amide bonds. The number of carbonyl (C=O) groups excluding carboxylic acids is 2. The number of nitrogens with zero attached hydrogens (tertiary/aromatic N) is 2. The minimum absolute atomic E-state index is 0.0735. The van der Waals surface area contributed by atoms with E-state index >= 15 is 0 Å². The van der Waals surface area contributed by atoms with Crippen LogP contribution in [0.5, 0.6) is 0 Å². The lowest BCUT2D eigenvalue weighted by Gasteiger charge is -2.23. The number of hydrogen-bond donors (Lipinski definition) is 0. The highest BCUT2D eigenvalue weighted by atomic mass is 32.1. The molecule has 0 saturated carbocycles. The minimum Gasteiger partial charge on any atom is -0.545 e. The fourth-order valence-corrected chi connectivity index (χ4v) is 5.84. The number of esters is 1. The number of carboxylic acids is 1. The SMILES string of the molecule is CCOC(=O)C1=C(C)N=c2s/c(=C/c3ccc(-c4ccc(C(=O)[O-])cc4)o3)c(=O)n2[C@@H]1c1cccs1. The molecule has 36 heavy (non-hydrogen) atoms. The first kappa shape index (κ1) is 23.7.